The average Bonchev–Trinajstić information content (AvgIpc) is 2.71. The van der Waals surface area contributed by atoms with E-state index in [-0.39, 0.29) is 5.82 Å². The lowest BCUT2D eigenvalue weighted by Gasteiger charge is -2.07. The van der Waals surface area contributed by atoms with E-state index in [4.69, 9.17) is 5.73 Å². The molecule has 3 nitrogen and oxygen atoms in total. The fourth-order valence-corrected chi connectivity index (χ4v) is 1.62. The summed E-state index contributed by atoms with van der Waals surface area (Å²) in [6.45, 7) is 2.97. The summed E-state index contributed by atoms with van der Waals surface area (Å²) >= 11 is 0. The van der Waals surface area contributed by atoms with Gasteiger partial charge in [0.15, 0.2) is 0 Å². The molecule has 0 unspecified atom stereocenters. The number of imidazole rings is 1. The van der Waals surface area contributed by atoms with Crippen LogP contribution in [-0.2, 0) is 6.54 Å². The van der Waals surface area contributed by atoms with E-state index in [1.807, 2.05) is 16.8 Å². The van der Waals surface area contributed by atoms with Crippen molar-refractivity contribution in [2.45, 2.75) is 13.5 Å². The number of benzene rings is 1. The standard InChI is InChI=1S/C12H14FN3/c1-9-2-3-10(8-11(9)13)12-15-5-7-16(12)6-4-14/h2-3,5,7-8H,4,6,14H2,1H3. The molecule has 0 amide bonds. The van der Waals surface area contributed by atoms with Gasteiger partial charge in [-0.1, -0.05) is 12.1 Å². The highest BCUT2D eigenvalue weighted by Gasteiger charge is 2.07. The van der Waals surface area contributed by atoms with Crippen LogP contribution in [0.25, 0.3) is 11.4 Å². The van der Waals surface area contributed by atoms with Gasteiger partial charge >= 0.3 is 0 Å². The van der Waals surface area contributed by atoms with Crippen LogP contribution >= 0.6 is 0 Å². The van der Waals surface area contributed by atoms with E-state index in [1.54, 1.807) is 19.2 Å². The highest BCUT2D eigenvalue weighted by Crippen LogP contribution is 2.20. The second kappa shape index (κ2) is 4.45. The molecule has 0 bridgehead atoms. The van der Waals surface area contributed by atoms with Gasteiger partial charge in [-0.2, -0.15) is 0 Å². The van der Waals surface area contributed by atoms with E-state index in [1.165, 1.54) is 6.07 Å². The molecule has 0 fully saturated rings. The minimum atomic E-state index is -0.209. The Kier molecular flexibility index (Phi) is 3.01. The molecule has 2 N–H and O–H groups in total. The van der Waals surface area contributed by atoms with Crippen molar-refractivity contribution < 1.29 is 4.39 Å². The van der Waals surface area contributed by atoms with E-state index in [0.717, 1.165) is 11.4 Å². The molecule has 16 heavy (non-hydrogen) atoms. The Balaban J connectivity index is 2.42. The maximum atomic E-state index is 13.4. The van der Waals surface area contributed by atoms with Crippen molar-refractivity contribution in [3.05, 3.63) is 42.0 Å². The molecule has 1 aromatic carbocycles. The van der Waals surface area contributed by atoms with Crippen molar-refractivity contribution in [3.8, 4) is 11.4 Å². The van der Waals surface area contributed by atoms with Crippen molar-refractivity contribution in [3.63, 3.8) is 0 Å². The quantitative estimate of drug-likeness (QED) is 0.857. The van der Waals surface area contributed by atoms with Gasteiger partial charge in [-0.05, 0) is 18.6 Å². The summed E-state index contributed by atoms with van der Waals surface area (Å²) < 4.78 is 15.3. The molecule has 0 radical (unpaired) electrons. The third kappa shape index (κ3) is 1.97. The van der Waals surface area contributed by atoms with E-state index >= 15 is 0 Å². The molecule has 0 atom stereocenters. The van der Waals surface area contributed by atoms with E-state index in [9.17, 15) is 4.39 Å². The molecule has 0 saturated heterocycles. The number of hydrogen-bond acceptors (Lipinski definition) is 2. The molecular formula is C12H14FN3. The molecular weight excluding hydrogens is 205 g/mol. The van der Waals surface area contributed by atoms with Crippen LogP contribution in [0.5, 0.6) is 0 Å². The van der Waals surface area contributed by atoms with Gasteiger partial charge in [0.1, 0.15) is 11.6 Å². The summed E-state index contributed by atoms with van der Waals surface area (Å²) in [5.41, 5.74) is 6.92. The summed E-state index contributed by atoms with van der Waals surface area (Å²) in [6, 6.07) is 5.13. The number of hydrogen-bond donors (Lipinski definition) is 1. The Morgan fingerprint density at radius 2 is 2.25 bits per heavy atom. The van der Waals surface area contributed by atoms with Crippen LogP contribution in [-0.4, -0.2) is 16.1 Å². The Labute approximate surface area is 93.7 Å². The largest absolute Gasteiger partial charge is 0.330 e. The first-order valence-electron chi connectivity index (χ1n) is 5.20. The maximum Gasteiger partial charge on any atom is 0.140 e. The zero-order chi connectivity index (χ0) is 11.5. The first-order chi connectivity index (χ1) is 7.72. The van der Waals surface area contributed by atoms with Gasteiger partial charge in [-0.15, -0.1) is 0 Å². The zero-order valence-electron chi connectivity index (χ0n) is 9.15. The molecule has 0 saturated carbocycles. The third-order valence-electron chi connectivity index (χ3n) is 2.52. The van der Waals surface area contributed by atoms with Crippen LogP contribution in [0.15, 0.2) is 30.6 Å². The van der Waals surface area contributed by atoms with Crippen LogP contribution in [0.3, 0.4) is 0 Å². The van der Waals surface area contributed by atoms with Crippen LogP contribution < -0.4 is 5.73 Å². The lowest BCUT2D eigenvalue weighted by Crippen LogP contribution is -2.10. The topological polar surface area (TPSA) is 43.8 Å². The SMILES string of the molecule is Cc1ccc(-c2nccn2CCN)cc1F. The van der Waals surface area contributed by atoms with Crippen molar-refractivity contribution in [2.24, 2.45) is 5.73 Å². The molecule has 1 heterocycles. The molecule has 4 heteroatoms. The average molecular weight is 219 g/mol. The van der Waals surface area contributed by atoms with Crippen molar-refractivity contribution in [1.29, 1.82) is 0 Å². The van der Waals surface area contributed by atoms with E-state index in [2.05, 4.69) is 4.98 Å². The van der Waals surface area contributed by atoms with Crippen LogP contribution in [0.2, 0.25) is 0 Å². The lowest BCUT2D eigenvalue weighted by molar-refractivity contribution is 0.618. The minimum absolute atomic E-state index is 0.209. The van der Waals surface area contributed by atoms with Crippen LogP contribution in [0, 0.1) is 12.7 Å². The number of aromatic nitrogens is 2. The van der Waals surface area contributed by atoms with Gasteiger partial charge in [0.05, 0.1) is 0 Å². The fraction of sp³-hybridized carbons (Fsp3) is 0.250. The molecule has 0 spiro atoms. The summed E-state index contributed by atoms with van der Waals surface area (Å²) in [4.78, 5) is 4.22. The Morgan fingerprint density at radius 1 is 1.44 bits per heavy atom. The number of rotatable bonds is 3. The number of halogens is 1. The van der Waals surface area contributed by atoms with Crippen molar-refractivity contribution in [2.75, 3.05) is 6.54 Å². The number of aryl methyl sites for hydroxylation is 1. The Hall–Kier alpha value is -1.68. The van der Waals surface area contributed by atoms with Gasteiger partial charge in [0.2, 0.25) is 0 Å². The predicted octanol–water partition coefficient (Wildman–Crippen LogP) is 1.96. The van der Waals surface area contributed by atoms with E-state index in [0.29, 0.717) is 18.7 Å². The molecule has 0 aliphatic carbocycles. The molecule has 0 aliphatic rings. The summed E-state index contributed by atoms with van der Waals surface area (Å²) in [5, 5.41) is 0. The minimum Gasteiger partial charge on any atom is -0.330 e. The third-order valence-corrected chi connectivity index (χ3v) is 2.52. The predicted molar refractivity (Wildman–Crippen MR) is 61.4 cm³/mol. The monoisotopic (exact) mass is 219 g/mol. The molecule has 2 rings (SSSR count). The molecule has 0 aliphatic heterocycles. The summed E-state index contributed by atoms with van der Waals surface area (Å²) in [5.74, 6) is 0.546. The molecule has 2 aromatic rings. The fourth-order valence-electron chi connectivity index (χ4n) is 1.62. The second-order valence-corrected chi connectivity index (χ2v) is 3.70. The highest BCUT2D eigenvalue weighted by molar-refractivity contribution is 5.56. The van der Waals surface area contributed by atoms with Gasteiger partial charge in [-0.3, -0.25) is 0 Å². The summed E-state index contributed by atoms with van der Waals surface area (Å²) in [7, 11) is 0. The Bertz CT molecular complexity index is 491. The smallest absolute Gasteiger partial charge is 0.140 e. The van der Waals surface area contributed by atoms with Crippen LogP contribution in [0.1, 0.15) is 5.56 Å². The van der Waals surface area contributed by atoms with E-state index < -0.39 is 0 Å². The number of nitrogens with zero attached hydrogens (tertiary/aromatic N) is 2. The van der Waals surface area contributed by atoms with Crippen molar-refractivity contribution in [1.82, 2.24) is 9.55 Å². The Morgan fingerprint density at radius 3 is 2.94 bits per heavy atom. The second-order valence-electron chi connectivity index (χ2n) is 3.70. The molecule has 84 valence electrons. The lowest BCUT2D eigenvalue weighted by atomic mass is 10.1. The van der Waals surface area contributed by atoms with Gasteiger partial charge in [0, 0.05) is 31.0 Å². The van der Waals surface area contributed by atoms with Gasteiger partial charge in [0.25, 0.3) is 0 Å². The first kappa shape index (κ1) is 10.8. The highest BCUT2D eigenvalue weighted by atomic mass is 19.1. The van der Waals surface area contributed by atoms with Gasteiger partial charge < -0.3 is 10.3 Å². The van der Waals surface area contributed by atoms with Crippen molar-refractivity contribution >= 4 is 0 Å². The van der Waals surface area contributed by atoms with Gasteiger partial charge in [-0.25, -0.2) is 9.37 Å². The summed E-state index contributed by atoms with van der Waals surface area (Å²) in [6.07, 6.45) is 3.54. The number of nitrogens with two attached hydrogens (primary N) is 1. The van der Waals surface area contributed by atoms with Crippen LogP contribution in [0.4, 0.5) is 4.39 Å². The normalized spacial score (nSPS) is 10.7. The molecule has 1 aromatic heterocycles. The first-order valence-corrected chi connectivity index (χ1v) is 5.20. The zero-order valence-corrected chi connectivity index (χ0v) is 9.15. The maximum absolute atomic E-state index is 13.4.